The molecule has 0 saturated heterocycles. The Labute approximate surface area is 127 Å². The minimum Gasteiger partial charge on any atom is -0.481 e. The molecule has 5 nitrogen and oxygen atoms in total. The fraction of sp³-hybridized carbons (Fsp3) is 0.462. The lowest BCUT2D eigenvalue weighted by molar-refractivity contribution is -0.150. The lowest BCUT2D eigenvalue weighted by Gasteiger charge is -2.38. The van der Waals surface area contributed by atoms with E-state index in [9.17, 15) is 18.3 Å². The summed E-state index contributed by atoms with van der Waals surface area (Å²) < 4.78 is 27.7. The molecule has 20 heavy (non-hydrogen) atoms. The van der Waals surface area contributed by atoms with Gasteiger partial charge in [0, 0.05) is 10.0 Å². The van der Waals surface area contributed by atoms with E-state index in [2.05, 4.69) is 20.7 Å². The molecule has 7 heteroatoms. The molecule has 0 unspecified atom stereocenters. The number of nitrogens with one attached hydrogen (secondary N) is 1. The van der Waals surface area contributed by atoms with Crippen LogP contribution in [0.25, 0.3) is 0 Å². The van der Waals surface area contributed by atoms with Crippen molar-refractivity contribution in [2.75, 3.05) is 0 Å². The van der Waals surface area contributed by atoms with Gasteiger partial charge in [-0.15, -0.1) is 0 Å². The molecule has 0 saturated carbocycles. The Kier molecular flexibility index (Phi) is 4.68. The summed E-state index contributed by atoms with van der Waals surface area (Å²) >= 11 is 3.18. The van der Waals surface area contributed by atoms with E-state index in [-0.39, 0.29) is 4.90 Å². The summed E-state index contributed by atoms with van der Waals surface area (Å²) in [5, 5.41) is 9.25. The van der Waals surface area contributed by atoms with Gasteiger partial charge >= 0.3 is 5.97 Å². The maximum absolute atomic E-state index is 12.4. The maximum atomic E-state index is 12.4. The minimum atomic E-state index is -3.83. The number of benzene rings is 1. The number of carboxylic acids is 1. The van der Waals surface area contributed by atoms with E-state index in [1.54, 1.807) is 32.0 Å². The van der Waals surface area contributed by atoms with Gasteiger partial charge in [-0.3, -0.25) is 4.79 Å². The van der Waals surface area contributed by atoms with Crippen LogP contribution in [-0.2, 0) is 14.8 Å². The van der Waals surface area contributed by atoms with Crippen LogP contribution >= 0.6 is 15.9 Å². The van der Waals surface area contributed by atoms with Crippen LogP contribution in [0.15, 0.2) is 33.6 Å². The molecular weight excluding hydrogens is 346 g/mol. The number of rotatable bonds is 5. The Morgan fingerprint density at radius 1 is 1.20 bits per heavy atom. The highest BCUT2D eigenvalue weighted by Crippen LogP contribution is 2.33. The van der Waals surface area contributed by atoms with Gasteiger partial charge < -0.3 is 5.11 Å². The number of sulfonamides is 1. The summed E-state index contributed by atoms with van der Waals surface area (Å²) in [6.45, 7) is 6.07. The number of carbonyl (C=O) groups is 1. The highest BCUT2D eigenvalue weighted by atomic mass is 79.9. The van der Waals surface area contributed by atoms with Crippen molar-refractivity contribution in [2.45, 2.75) is 38.1 Å². The average Bonchev–Trinajstić information content (AvgIpc) is 2.27. The maximum Gasteiger partial charge on any atom is 0.310 e. The van der Waals surface area contributed by atoms with Crippen molar-refractivity contribution < 1.29 is 18.3 Å². The van der Waals surface area contributed by atoms with Gasteiger partial charge in [0.25, 0.3) is 0 Å². The number of hydrogen-bond acceptors (Lipinski definition) is 3. The number of hydrogen-bond donors (Lipinski definition) is 2. The van der Waals surface area contributed by atoms with E-state index in [0.717, 1.165) is 0 Å². The first-order valence-corrected chi connectivity index (χ1v) is 8.21. The summed E-state index contributed by atoms with van der Waals surface area (Å²) in [7, 11) is -3.83. The summed E-state index contributed by atoms with van der Waals surface area (Å²) in [4.78, 5) is 11.4. The van der Waals surface area contributed by atoms with E-state index in [1.165, 1.54) is 19.9 Å². The van der Waals surface area contributed by atoms with Gasteiger partial charge in [-0.2, -0.15) is 0 Å². The monoisotopic (exact) mass is 363 g/mol. The first-order valence-electron chi connectivity index (χ1n) is 5.94. The third-order valence-corrected chi connectivity index (χ3v) is 6.28. The predicted octanol–water partition coefficient (Wildman–Crippen LogP) is 2.62. The summed E-state index contributed by atoms with van der Waals surface area (Å²) in [6, 6.07) is 6.38. The predicted molar refractivity (Wildman–Crippen MR) is 80.0 cm³/mol. The average molecular weight is 364 g/mol. The molecule has 0 bridgehead atoms. The summed E-state index contributed by atoms with van der Waals surface area (Å²) in [5.74, 6) is -1.07. The van der Waals surface area contributed by atoms with Gasteiger partial charge in [0.1, 0.15) is 0 Å². The fourth-order valence-electron chi connectivity index (χ4n) is 1.45. The molecule has 1 aromatic carbocycles. The van der Waals surface area contributed by atoms with Crippen LogP contribution in [0, 0.1) is 5.41 Å². The summed E-state index contributed by atoms with van der Waals surface area (Å²) in [5.41, 5.74) is -2.42. The molecule has 0 aliphatic carbocycles. The van der Waals surface area contributed by atoms with Gasteiger partial charge in [-0.25, -0.2) is 13.1 Å². The molecule has 1 aromatic rings. The van der Waals surface area contributed by atoms with Crippen molar-refractivity contribution in [1.82, 2.24) is 4.72 Å². The van der Waals surface area contributed by atoms with Crippen molar-refractivity contribution in [1.29, 1.82) is 0 Å². The van der Waals surface area contributed by atoms with Crippen LogP contribution in [0.1, 0.15) is 27.7 Å². The van der Waals surface area contributed by atoms with Gasteiger partial charge in [0.2, 0.25) is 10.0 Å². The zero-order chi connectivity index (χ0) is 15.8. The normalized spacial score (nSPS) is 13.2. The number of carboxylic acid groups (broad SMARTS) is 1. The molecule has 0 radical (unpaired) electrons. The smallest absolute Gasteiger partial charge is 0.310 e. The zero-order valence-electron chi connectivity index (χ0n) is 11.8. The van der Waals surface area contributed by atoms with Crippen molar-refractivity contribution in [3.63, 3.8) is 0 Å². The fourth-order valence-corrected chi connectivity index (χ4v) is 3.99. The first-order chi connectivity index (χ1) is 8.92. The molecule has 0 aliphatic heterocycles. The van der Waals surface area contributed by atoms with Gasteiger partial charge in [-0.1, -0.05) is 12.1 Å². The van der Waals surface area contributed by atoms with Crippen LogP contribution in [-0.4, -0.2) is 25.0 Å². The molecule has 0 amide bonds. The molecule has 0 spiro atoms. The van der Waals surface area contributed by atoms with Gasteiger partial charge in [0.05, 0.1) is 10.3 Å². The van der Waals surface area contributed by atoms with E-state index in [1.807, 2.05) is 0 Å². The molecule has 0 atom stereocenters. The zero-order valence-corrected chi connectivity index (χ0v) is 14.2. The molecule has 0 heterocycles. The van der Waals surface area contributed by atoms with Gasteiger partial charge in [0.15, 0.2) is 0 Å². The minimum absolute atomic E-state index is 0.0780. The highest BCUT2D eigenvalue weighted by Gasteiger charge is 2.46. The van der Waals surface area contributed by atoms with E-state index in [4.69, 9.17) is 0 Å². The van der Waals surface area contributed by atoms with E-state index < -0.39 is 26.9 Å². The quantitative estimate of drug-likeness (QED) is 0.841. The first kappa shape index (κ1) is 17.1. The largest absolute Gasteiger partial charge is 0.481 e. The van der Waals surface area contributed by atoms with Crippen LogP contribution in [0.2, 0.25) is 0 Å². The third kappa shape index (κ3) is 3.21. The van der Waals surface area contributed by atoms with Crippen LogP contribution < -0.4 is 4.72 Å². The second kappa shape index (κ2) is 5.46. The van der Waals surface area contributed by atoms with E-state index in [0.29, 0.717) is 4.47 Å². The molecular formula is C13H18BrNO4S. The second-order valence-electron chi connectivity index (χ2n) is 5.59. The third-order valence-electron chi connectivity index (χ3n) is 3.61. The summed E-state index contributed by atoms with van der Waals surface area (Å²) in [6.07, 6.45) is 0. The van der Waals surface area contributed by atoms with Crippen LogP contribution in [0.4, 0.5) is 0 Å². The Bertz CT molecular complexity index is 623. The second-order valence-corrected chi connectivity index (χ2v) is 8.10. The Hall–Kier alpha value is -0.920. The molecule has 0 aromatic heterocycles. The van der Waals surface area contributed by atoms with Crippen LogP contribution in [0.3, 0.4) is 0 Å². The Balaban J connectivity index is 3.21. The van der Waals surface area contributed by atoms with Crippen molar-refractivity contribution in [2.24, 2.45) is 5.41 Å². The lowest BCUT2D eigenvalue weighted by Crippen LogP contribution is -2.56. The Morgan fingerprint density at radius 2 is 1.70 bits per heavy atom. The molecule has 1 rings (SSSR count). The van der Waals surface area contributed by atoms with Crippen LogP contribution in [0.5, 0.6) is 0 Å². The molecule has 2 N–H and O–H groups in total. The Morgan fingerprint density at radius 3 is 2.15 bits per heavy atom. The lowest BCUT2D eigenvalue weighted by atomic mass is 9.75. The highest BCUT2D eigenvalue weighted by molar-refractivity contribution is 9.10. The SMILES string of the molecule is CC(C)(NS(=O)(=O)c1ccccc1Br)C(C)(C)C(=O)O. The number of halogens is 1. The molecule has 112 valence electrons. The van der Waals surface area contributed by atoms with E-state index >= 15 is 0 Å². The van der Waals surface area contributed by atoms with Crippen molar-refractivity contribution in [3.05, 3.63) is 28.7 Å². The van der Waals surface area contributed by atoms with Crippen molar-refractivity contribution in [3.8, 4) is 0 Å². The molecule has 0 fully saturated rings. The topological polar surface area (TPSA) is 83.5 Å². The number of aliphatic carboxylic acids is 1. The standard InChI is InChI=1S/C13H18BrNO4S/c1-12(2,11(16)17)13(3,4)15-20(18,19)10-8-6-5-7-9(10)14/h5-8,15H,1-4H3,(H,16,17). The van der Waals surface area contributed by atoms with Crippen molar-refractivity contribution >= 4 is 31.9 Å². The van der Waals surface area contributed by atoms with Gasteiger partial charge in [-0.05, 0) is 55.8 Å². The molecule has 0 aliphatic rings.